The number of nitrogens with one attached hydrogen (secondary N) is 1. The van der Waals surface area contributed by atoms with Crippen LogP contribution in [0, 0.1) is 0 Å². The molecule has 0 bridgehead atoms. The highest BCUT2D eigenvalue weighted by molar-refractivity contribution is 6.03. The van der Waals surface area contributed by atoms with Crippen LogP contribution in [0.4, 0.5) is 10.5 Å². The zero-order valence-corrected chi connectivity index (χ0v) is 20.1. The summed E-state index contributed by atoms with van der Waals surface area (Å²) in [5, 5.41) is 2.92. The Morgan fingerprint density at radius 3 is 2.12 bits per heavy atom. The predicted octanol–water partition coefficient (Wildman–Crippen LogP) is 4.34. The minimum absolute atomic E-state index is 0.111. The summed E-state index contributed by atoms with van der Waals surface area (Å²) in [7, 11) is 4.58. The predicted molar refractivity (Wildman–Crippen MR) is 125 cm³/mol. The largest absolute Gasteiger partial charge is 0.493 e. The summed E-state index contributed by atoms with van der Waals surface area (Å²) in [4.78, 5) is 27.2. The van der Waals surface area contributed by atoms with E-state index >= 15 is 0 Å². The summed E-state index contributed by atoms with van der Waals surface area (Å²) in [5.41, 5.74) is 0.549. The van der Waals surface area contributed by atoms with Gasteiger partial charge >= 0.3 is 6.09 Å². The van der Waals surface area contributed by atoms with E-state index in [9.17, 15) is 9.59 Å². The van der Waals surface area contributed by atoms with Crippen LogP contribution in [0.15, 0.2) is 30.5 Å². The number of rotatable bonds is 6. The van der Waals surface area contributed by atoms with Crippen LogP contribution >= 0.6 is 0 Å². The number of benzene rings is 1. The molecule has 1 aliphatic heterocycles. The molecule has 0 aliphatic carbocycles. The van der Waals surface area contributed by atoms with Gasteiger partial charge in [0, 0.05) is 43.1 Å². The highest BCUT2D eigenvalue weighted by atomic mass is 16.6. The van der Waals surface area contributed by atoms with Gasteiger partial charge in [-0.2, -0.15) is 0 Å². The molecule has 0 spiro atoms. The maximum absolute atomic E-state index is 13.1. The number of aromatic nitrogens is 1. The lowest BCUT2D eigenvalue weighted by Gasteiger charge is -2.34. The first kappa shape index (κ1) is 24.3. The maximum Gasteiger partial charge on any atom is 0.410 e. The molecule has 1 saturated heterocycles. The third kappa shape index (κ3) is 5.71. The lowest BCUT2D eigenvalue weighted by Crippen LogP contribution is -2.42. The molecule has 2 aromatic rings. The van der Waals surface area contributed by atoms with Crippen molar-refractivity contribution in [2.45, 2.75) is 45.3 Å². The van der Waals surface area contributed by atoms with E-state index in [4.69, 9.17) is 18.9 Å². The maximum atomic E-state index is 13.1. The number of hydrogen-bond donors (Lipinski definition) is 1. The molecule has 0 atom stereocenters. The molecule has 9 nitrogen and oxygen atoms in total. The Labute approximate surface area is 194 Å². The van der Waals surface area contributed by atoms with Gasteiger partial charge in [-0.25, -0.2) is 4.79 Å². The average Bonchev–Trinajstić information content (AvgIpc) is 3.27. The Kier molecular flexibility index (Phi) is 7.40. The van der Waals surface area contributed by atoms with E-state index in [1.54, 1.807) is 23.1 Å². The van der Waals surface area contributed by atoms with Gasteiger partial charge in [0.2, 0.25) is 5.75 Å². The third-order valence-corrected chi connectivity index (χ3v) is 5.44. The lowest BCUT2D eigenvalue weighted by molar-refractivity contribution is 0.0187. The number of amides is 2. The molecule has 0 unspecified atom stereocenters. The van der Waals surface area contributed by atoms with Gasteiger partial charge in [-0.05, 0) is 45.7 Å². The van der Waals surface area contributed by atoms with Crippen molar-refractivity contribution in [2.24, 2.45) is 0 Å². The molecule has 33 heavy (non-hydrogen) atoms. The van der Waals surface area contributed by atoms with Crippen molar-refractivity contribution in [1.82, 2.24) is 9.47 Å². The summed E-state index contributed by atoms with van der Waals surface area (Å²) in [5.74, 6) is 1.12. The van der Waals surface area contributed by atoms with E-state index in [1.807, 2.05) is 37.6 Å². The highest BCUT2D eigenvalue weighted by Gasteiger charge is 2.29. The molecule has 0 radical (unpaired) electrons. The van der Waals surface area contributed by atoms with Crippen LogP contribution in [0.3, 0.4) is 0 Å². The van der Waals surface area contributed by atoms with E-state index in [0.29, 0.717) is 41.7 Å². The smallest absolute Gasteiger partial charge is 0.410 e. The number of hydrogen-bond acceptors (Lipinski definition) is 6. The second kappa shape index (κ2) is 10.1. The second-order valence-electron chi connectivity index (χ2n) is 8.87. The fourth-order valence-electron chi connectivity index (χ4n) is 3.91. The molecule has 1 N–H and O–H groups in total. The number of carbonyl (C=O) groups excluding carboxylic acids is 2. The number of anilines is 1. The topological polar surface area (TPSA) is 91.3 Å². The van der Waals surface area contributed by atoms with Crippen molar-refractivity contribution in [3.05, 3.63) is 36.2 Å². The second-order valence-corrected chi connectivity index (χ2v) is 8.87. The van der Waals surface area contributed by atoms with Gasteiger partial charge in [0.1, 0.15) is 11.3 Å². The van der Waals surface area contributed by atoms with Crippen molar-refractivity contribution in [3.8, 4) is 17.2 Å². The van der Waals surface area contributed by atoms with Crippen molar-refractivity contribution in [3.63, 3.8) is 0 Å². The van der Waals surface area contributed by atoms with Gasteiger partial charge in [0.05, 0.1) is 21.3 Å². The molecule has 1 aromatic heterocycles. The van der Waals surface area contributed by atoms with E-state index in [0.717, 1.165) is 12.8 Å². The Balaban J connectivity index is 1.70. The van der Waals surface area contributed by atoms with Crippen LogP contribution in [0.5, 0.6) is 17.2 Å². The number of nitrogens with zero attached hydrogens (tertiary/aromatic N) is 2. The van der Waals surface area contributed by atoms with Crippen LogP contribution in [-0.4, -0.2) is 61.5 Å². The minimum atomic E-state index is -0.521. The Morgan fingerprint density at radius 1 is 1.00 bits per heavy atom. The molecule has 2 heterocycles. The summed E-state index contributed by atoms with van der Waals surface area (Å²) in [6.45, 7) is 6.72. The van der Waals surface area contributed by atoms with Crippen LogP contribution in [0.25, 0.3) is 0 Å². The summed E-state index contributed by atoms with van der Waals surface area (Å²) in [6, 6.07) is 7.12. The SMILES string of the molecule is COc1cc(NC(=O)c2cccn2C2CCN(C(=O)OC(C)(C)C)CC2)cc(OC)c1OC. The molecule has 180 valence electrons. The van der Waals surface area contributed by atoms with E-state index in [1.165, 1.54) is 21.3 Å². The van der Waals surface area contributed by atoms with Crippen LogP contribution < -0.4 is 19.5 Å². The number of methoxy groups -OCH3 is 3. The standard InChI is InChI=1S/C24H33N3O6/c1-24(2,3)33-23(29)26-12-9-17(10-13-26)27-11-7-8-18(27)22(28)25-16-14-19(30-4)21(32-6)20(15-16)31-5/h7-8,11,14-15,17H,9-10,12-13H2,1-6H3,(H,25,28). The molecule has 2 amide bonds. The van der Waals surface area contributed by atoms with Gasteiger partial charge in [0.15, 0.2) is 11.5 Å². The zero-order chi connectivity index (χ0) is 24.2. The average molecular weight is 460 g/mol. The highest BCUT2D eigenvalue weighted by Crippen LogP contribution is 2.40. The third-order valence-electron chi connectivity index (χ3n) is 5.44. The molecule has 0 saturated carbocycles. The van der Waals surface area contributed by atoms with Crippen molar-refractivity contribution in [1.29, 1.82) is 0 Å². The number of piperidine rings is 1. The van der Waals surface area contributed by atoms with Gasteiger partial charge in [-0.3, -0.25) is 4.79 Å². The molecule has 3 rings (SSSR count). The fourth-order valence-corrected chi connectivity index (χ4v) is 3.91. The first-order valence-corrected chi connectivity index (χ1v) is 10.9. The molecule has 9 heteroatoms. The summed E-state index contributed by atoms with van der Waals surface area (Å²) in [6.07, 6.45) is 3.07. The van der Waals surface area contributed by atoms with Gasteiger partial charge < -0.3 is 33.7 Å². The van der Waals surface area contributed by atoms with Crippen molar-refractivity contribution >= 4 is 17.7 Å². The Morgan fingerprint density at radius 2 is 1.61 bits per heavy atom. The van der Waals surface area contributed by atoms with Crippen LogP contribution in [0.1, 0.15) is 50.1 Å². The van der Waals surface area contributed by atoms with Crippen molar-refractivity contribution in [2.75, 3.05) is 39.7 Å². The van der Waals surface area contributed by atoms with Gasteiger partial charge in [-0.15, -0.1) is 0 Å². The number of ether oxygens (including phenoxy) is 4. The molecular weight excluding hydrogens is 426 g/mol. The normalized spacial score (nSPS) is 14.5. The Bertz CT molecular complexity index is 961. The molecule has 1 aromatic carbocycles. The molecule has 1 fully saturated rings. The monoisotopic (exact) mass is 459 g/mol. The summed E-state index contributed by atoms with van der Waals surface area (Å²) >= 11 is 0. The number of likely N-dealkylation sites (tertiary alicyclic amines) is 1. The first-order valence-electron chi connectivity index (χ1n) is 10.9. The van der Waals surface area contributed by atoms with E-state index in [2.05, 4.69) is 5.32 Å². The zero-order valence-electron chi connectivity index (χ0n) is 20.1. The van der Waals surface area contributed by atoms with E-state index < -0.39 is 5.60 Å². The van der Waals surface area contributed by atoms with Crippen molar-refractivity contribution < 1.29 is 28.5 Å². The molecular formula is C24H33N3O6. The quantitative estimate of drug-likeness (QED) is 0.691. The first-order chi connectivity index (χ1) is 15.7. The number of carbonyl (C=O) groups is 2. The molecule has 1 aliphatic rings. The summed E-state index contributed by atoms with van der Waals surface area (Å²) < 4.78 is 23.5. The van der Waals surface area contributed by atoms with Crippen LogP contribution in [0.2, 0.25) is 0 Å². The Hall–Kier alpha value is -3.36. The van der Waals surface area contributed by atoms with E-state index in [-0.39, 0.29) is 18.0 Å². The fraction of sp³-hybridized carbons (Fsp3) is 0.500. The van der Waals surface area contributed by atoms with Gasteiger partial charge in [0.25, 0.3) is 5.91 Å². The van der Waals surface area contributed by atoms with Gasteiger partial charge in [-0.1, -0.05) is 0 Å². The van der Waals surface area contributed by atoms with Crippen LogP contribution in [-0.2, 0) is 4.74 Å². The minimum Gasteiger partial charge on any atom is -0.493 e. The lowest BCUT2D eigenvalue weighted by atomic mass is 10.0.